The van der Waals surface area contributed by atoms with E-state index in [0.29, 0.717) is 18.6 Å². The van der Waals surface area contributed by atoms with Crippen molar-refractivity contribution in [2.75, 3.05) is 0 Å². The van der Waals surface area contributed by atoms with E-state index in [4.69, 9.17) is 4.74 Å². The highest BCUT2D eigenvalue weighted by Gasteiger charge is 2.10. The maximum absolute atomic E-state index is 13.3. The van der Waals surface area contributed by atoms with E-state index < -0.39 is 5.82 Å². The van der Waals surface area contributed by atoms with Crippen molar-refractivity contribution >= 4 is 6.29 Å². The average Bonchev–Trinajstić information content (AvgIpc) is 2.77. The van der Waals surface area contributed by atoms with Gasteiger partial charge in [0.15, 0.2) is 12.0 Å². The summed E-state index contributed by atoms with van der Waals surface area (Å²) in [5, 5.41) is 4.02. The van der Waals surface area contributed by atoms with Crippen molar-refractivity contribution in [2.45, 2.75) is 13.5 Å². The minimum absolute atomic E-state index is 0.0863. The summed E-state index contributed by atoms with van der Waals surface area (Å²) in [5.74, 6) is 0.0663. The van der Waals surface area contributed by atoms with E-state index in [9.17, 15) is 9.18 Å². The third-order valence-electron chi connectivity index (χ3n) is 2.29. The van der Waals surface area contributed by atoms with Gasteiger partial charge in [-0.2, -0.15) is 5.10 Å². The van der Waals surface area contributed by atoms with Crippen molar-refractivity contribution in [2.24, 2.45) is 0 Å². The number of benzene rings is 1. The summed E-state index contributed by atoms with van der Waals surface area (Å²) < 4.78 is 20.4. The number of carbonyl (C=O) groups is 1. The van der Waals surface area contributed by atoms with Gasteiger partial charge in [0, 0.05) is 6.54 Å². The molecule has 0 unspecified atom stereocenters. The number of carbonyl (C=O) groups excluding carboxylic acids is 1. The standard InChI is InChI=1S/C12H11FN2O2/c1-2-15-7-9(6-14-15)17-12-5-3-4-11(13)10(12)8-16/h3-8H,2H2,1H3. The molecular formula is C12H11FN2O2. The quantitative estimate of drug-likeness (QED) is 0.764. The number of rotatable bonds is 4. The molecule has 0 aliphatic carbocycles. The van der Waals surface area contributed by atoms with E-state index in [0.717, 1.165) is 0 Å². The van der Waals surface area contributed by atoms with Gasteiger partial charge in [-0.3, -0.25) is 9.48 Å². The highest BCUT2D eigenvalue weighted by molar-refractivity contribution is 5.79. The van der Waals surface area contributed by atoms with E-state index in [2.05, 4.69) is 5.10 Å². The van der Waals surface area contributed by atoms with Crippen LogP contribution in [0.4, 0.5) is 4.39 Å². The lowest BCUT2D eigenvalue weighted by Crippen LogP contribution is -1.94. The van der Waals surface area contributed by atoms with Crippen LogP contribution < -0.4 is 4.74 Å². The molecule has 1 aromatic carbocycles. The first-order valence-electron chi connectivity index (χ1n) is 5.18. The minimum atomic E-state index is -0.597. The lowest BCUT2D eigenvalue weighted by Gasteiger charge is -2.05. The molecule has 1 heterocycles. The Morgan fingerprint density at radius 2 is 2.35 bits per heavy atom. The summed E-state index contributed by atoms with van der Waals surface area (Å²) in [6.45, 7) is 2.66. The molecule has 0 amide bonds. The zero-order valence-electron chi connectivity index (χ0n) is 9.26. The number of aromatic nitrogens is 2. The van der Waals surface area contributed by atoms with Crippen LogP contribution in [0, 0.1) is 5.82 Å². The van der Waals surface area contributed by atoms with Crippen LogP contribution in [0.15, 0.2) is 30.6 Å². The van der Waals surface area contributed by atoms with Gasteiger partial charge < -0.3 is 4.74 Å². The number of halogens is 1. The van der Waals surface area contributed by atoms with Crippen LogP contribution >= 0.6 is 0 Å². The third-order valence-corrected chi connectivity index (χ3v) is 2.29. The van der Waals surface area contributed by atoms with Crippen molar-refractivity contribution in [3.8, 4) is 11.5 Å². The van der Waals surface area contributed by atoms with Crippen LogP contribution in [0.5, 0.6) is 11.5 Å². The second kappa shape index (κ2) is 4.78. The molecule has 2 aromatic rings. The minimum Gasteiger partial charge on any atom is -0.453 e. The second-order valence-corrected chi connectivity index (χ2v) is 3.40. The first-order valence-corrected chi connectivity index (χ1v) is 5.18. The highest BCUT2D eigenvalue weighted by atomic mass is 19.1. The normalized spacial score (nSPS) is 10.2. The molecule has 1 aromatic heterocycles. The Morgan fingerprint density at radius 1 is 1.53 bits per heavy atom. The molecule has 5 heteroatoms. The first kappa shape index (κ1) is 11.3. The van der Waals surface area contributed by atoms with Gasteiger partial charge >= 0.3 is 0 Å². The summed E-state index contributed by atoms with van der Waals surface area (Å²) >= 11 is 0. The topological polar surface area (TPSA) is 44.1 Å². The molecule has 2 rings (SSSR count). The van der Waals surface area contributed by atoms with Crippen LogP contribution in [-0.4, -0.2) is 16.1 Å². The van der Waals surface area contributed by atoms with Crippen molar-refractivity contribution in [3.05, 3.63) is 42.0 Å². The molecule has 0 aliphatic rings. The molecule has 0 N–H and O–H groups in total. The average molecular weight is 234 g/mol. The SMILES string of the molecule is CCn1cc(Oc2cccc(F)c2C=O)cn1. The molecule has 0 spiro atoms. The maximum Gasteiger partial charge on any atom is 0.165 e. The summed E-state index contributed by atoms with van der Waals surface area (Å²) in [4.78, 5) is 10.8. The Hall–Kier alpha value is -2.17. The van der Waals surface area contributed by atoms with Crippen molar-refractivity contribution in [1.82, 2.24) is 9.78 Å². The largest absolute Gasteiger partial charge is 0.453 e. The Balaban J connectivity index is 2.29. The van der Waals surface area contributed by atoms with Gasteiger partial charge in [0.1, 0.15) is 11.6 Å². The van der Waals surface area contributed by atoms with Gasteiger partial charge in [0.25, 0.3) is 0 Å². The smallest absolute Gasteiger partial charge is 0.165 e. The summed E-state index contributed by atoms with van der Waals surface area (Å²) in [7, 11) is 0. The molecule has 0 saturated carbocycles. The predicted octanol–water partition coefficient (Wildman–Crippen LogP) is 2.65. The molecule has 0 aliphatic heterocycles. The van der Waals surface area contributed by atoms with E-state index in [1.807, 2.05) is 6.92 Å². The maximum atomic E-state index is 13.3. The van der Waals surface area contributed by atoms with Crippen LogP contribution in [-0.2, 0) is 6.54 Å². The number of ether oxygens (including phenoxy) is 1. The zero-order chi connectivity index (χ0) is 12.3. The highest BCUT2D eigenvalue weighted by Crippen LogP contribution is 2.25. The van der Waals surface area contributed by atoms with E-state index in [1.54, 1.807) is 10.9 Å². The number of hydrogen-bond acceptors (Lipinski definition) is 3. The van der Waals surface area contributed by atoms with E-state index >= 15 is 0 Å². The molecular weight excluding hydrogens is 223 g/mol. The molecule has 4 nitrogen and oxygen atoms in total. The third kappa shape index (κ3) is 2.33. The van der Waals surface area contributed by atoms with Crippen molar-refractivity contribution in [1.29, 1.82) is 0 Å². The zero-order valence-corrected chi connectivity index (χ0v) is 9.26. The van der Waals surface area contributed by atoms with Gasteiger partial charge in [0.2, 0.25) is 0 Å². The number of hydrogen-bond donors (Lipinski definition) is 0. The van der Waals surface area contributed by atoms with Gasteiger partial charge in [-0.05, 0) is 19.1 Å². The van der Waals surface area contributed by atoms with Crippen LogP contribution in [0.2, 0.25) is 0 Å². The Kier molecular flexibility index (Phi) is 3.18. The molecule has 17 heavy (non-hydrogen) atoms. The molecule has 0 radical (unpaired) electrons. The summed E-state index contributed by atoms with van der Waals surface area (Å²) in [5.41, 5.74) is -0.0863. The molecule has 0 bridgehead atoms. The summed E-state index contributed by atoms with van der Waals surface area (Å²) in [6.07, 6.45) is 3.64. The Labute approximate surface area is 97.6 Å². The van der Waals surface area contributed by atoms with E-state index in [1.165, 1.54) is 24.4 Å². The molecule has 88 valence electrons. The molecule has 0 fully saturated rings. The predicted molar refractivity (Wildman–Crippen MR) is 59.8 cm³/mol. The van der Waals surface area contributed by atoms with Crippen molar-refractivity contribution < 1.29 is 13.9 Å². The van der Waals surface area contributed by atoms with Crippen LogP contribution in [0.1, 0.15) is 17.3 Å². The van der Waals surface area contributed by atoms with Crippen LogP contribution in [0.25, 0.3) is 0 Å². The van der Waals surface area contributed by atoms with E-state index in [-0.39, 0.29) is 11.3 Å². The lowest BCUT2D eigenvalue weighted by molar-refractivity contribution is 0.111. The Bertz CT molecular complexity index is 537. The van der Waals surface area contributed by atoms with Gasteiger partial charge in [-0.1, -0.05) is 6.07 Å². The van der Waals surface area contributed by atoms with Gasteiger partial charge in [0.05, 0.1) is 18.0 Å². The van der Waals surface area contributed by atoms with Gasteiger partial charge in [-0.15, -0.1) is 0 Å². The number of aryl methyl sites for hydroxylation is 1. The fraction of sp³-hybridized carbons (Fsp3) is 0.167. The van der Waals surface area contributed by atoms with Gasteiger partial charge in [-0.25, -0.2) is 4.39 Å². The lowest BCUT2D eigenvalue weighted by atomic mass is 10.2. The second-order valence-electron chi connectivity index (χ2n) is 3.40. The monoisotopic (exact) mass is 234 g/mol. The van der Waals surface area contributed by atoms with Crippen molar-refractivity contribution in [3.63, 3.8) is 0 Å². The number of nitrogens with zero attached hydrogens (tertiary/aromatic N) is 2. The Morgan fingerprint density at radius 3 is 3.00 bits per heavy atom. The molecule has 0 atom stereocenters. The fourth-order valence-corrected chi connectivity index (χ4v) is 1.42. The summed E-state index contributed by atoms with van der Waals surface area (Å²) in [6, 6.07) is 4.24. The fourth-order valence-electron chi connectivity index (χ4n) is 1.42. The molecule has 0 saturated heterocycles. The first-order chi connectivity index (χ1) is 8.24. The number of aldehydes is 1. The van der Waals surface area contributed by atoms with Crippen LogP contribution in [0.3, 0.4) is 0 Å².